The molecule has 0 spiro atoms. The fraction of sp³-hybridized carbons (Fsp3) is 0.143. The molecule has 0 amide bonds. The molecule has 4 nitrogen and oxygen atoms in total. The zero-order chi connectivity index (χ0) is 10.7. The van der Waals surface area contributed by atoms with Crippen LogP contribution in [-0.4, -0.2) is 11.8 Å². The van der Waals surface area contributed by atoms with Crippen molar-refractivity contribution < 1.29 is 14.1 Å². The van der Waals surface area contributed by atoms with Crippen LogP contribution in [0.5, 0.6) is 5.75 Å². The van der Waals surface area contributed by atoms with Crippen LogP contribution in [0.25, 0.3) is 0 Å². The summed E-state index contributed by atoms with van der Waals surface area (Å²) in [6.07, 6.45) is 0. The van der Waals surface area contributed by atoms with Crippen LogP contribution in [-0.2, 0) is 0 Å². The van der Waals surface area contributed by atoms with Gasteiger partial charge in [0, 0.05) is 12.1 Å². The fourth-order valence-electron chi connectivity index (χ4n) is 0.827. The van der Waals surface area contributed by atoms with Gasteiger partial charge in [-0.3, -0.25) is 10.1 Å². The van der Waals surface area contributed by atoms with Crippen LogP contribution in [0.1, 0.15) is 0 Å². The van der Waals surface area contributed by atoms with E-state index in [2.05, 4.69) is 4.74 Å². The van der Waals surface area contributed by atoms with E-state index in [-0.39, 0.29) is 21.5 Å². The van der Waals surface area contributed by atoms with Crippen molar-refractivity contribution in [1.82, 2.24) is 0 Å². The molecule has 1 aromatic rings. The van der Waals surface area contributed by atoms with Crippen molar-refractivity contribution in [3.8, 4) is 5.75 Å². The Morgan fingerprint density at radius 1 is 1.43 bits per heavy atom. The van der Waals surface area contributed by atoms with Gasteiger partial charge in [-0.2, -0.15) is 0 Å². The van der Waals surface area contributed by atoms with Gasteiger partial charge >= 0.3 is 0 Å². The lowest BCUT2D eigenvalue weighted by Gasteiger charge is -2.04. The maximum Gasteiger partial charge on any atom is 0.289 e. The molecule has 0 aliphatic heterocycles. The van der Waals surface area contributed by atoms with Gasteiger partial charge < -0.3 is 4.74 Å². The minimum absolute atomic E-state index is 0.0234. The van der Waals surface area contributed by atoms with E-state index in [0.717, 1.165) is 12.1 Å². The van der Waals surface area contributed by atoms with E-state index in [1.54, 1.807) is 0 Å². The van der Waals surface area contributed by atoms with Crippen molar-refractivity contribution in [2.45, 2.75) is 0 Å². The minimum atomic E-state index is -1.08. The predicted molar refractivity (Wildman–Crippen MR) is 49.7 cm³/mol. The minimum Gasteiger partial charge on any atom is -0.461 e. The molecule has 14 heavy (non-hydrogen) atoms. The number of benzene rings is 1. The van der Waals surface area contributed by atoms with Gasteiger partial charge in [0.05, 0.1) is 9.95 Å². The summed E-state index contributed by atoms with van der Waals surface area (Å²) in [5.74, 6) is -0.0234. The summed E-state index contributed by atoms with van der Waals surface area (Å²) in [7, 11) is 0. The maximum atomic E-state index is 11.8. The zero-order valence-corrected chi connectivity index (χ0v) is 8.18. The molecule has 0 saturated heterocycles. The number of hydrogen-bond donors (Lipinski definition) is 0. The highest BCUT2D eigenvalue weighted by Gasteiger charge is 2.16. The molecule has 0 aliphatic carbocycles. The van der Waals surface area contributed by atoms with Gasteiger partial charge in [0.15, 0.2) is 0 Å². The summed E-state index contributed by atoms with van der Waals surface area (Å²) in [4.78, 5) is 9.70. The van der Waals surface area contributed by atoms with Gasteiger partial charge in [0.2, 0.25) is 6.86 Å². The van der Waals surface area contributed by atoms with E-state index in [9.17, 15) is 14.5 Å². The van der Waals surface area contributed by atoms with E-state index in [0.29, 0.717) is 0 Å². The van der Waals surface area contributed by atoms with E-state index >= 15 is 0 Å². The van der Waals surface area contributed by atoms with Crippen molar-refractivity contribution in [2.24, 2.45) is 0 Å². The SMILES string of the molecule is O=[N+]([O-])c1cc(Cl)c(OCF)cc1Cl. The topological polar surface area (TPSA) is 52.4 Å². The number of hydrogen-bond acceptors (Lipinski definition) is 3. The predicted octanol–water partition coefficient (Wildman–Crippen LogP) is 3.21. The summed E-state index contributed by atoms with van der Waals surface area (Å²) < 4.78 is 16.2. The Balaban J connectivity index is 3.17. The smallest absolute Gasteiger partial charge is 0.289 e. The summed E-state index contributed by atoms with van der Waals surface area (Å²) in [5, 5.41) is 10.2. The molecule has 76 valence electrons. The molecule has 0 saturated carbocycles. The number of rotatable bonds is 3. The Bertz CT molecular complexity index is 372. The van der Waals surface area contributed by atoms with Crippen LogP contribution in [0.4, 0.5) is 10.1 Å². The monoisotopic (exact) mass is 239 g/mol. The fourth-order valence-corrected chi connectivity index (χ4v) is 1.26. The Hall–Kier alpha value is -1.07. The highest BCUT2D eigenvalue weighted by molar-refractivity contribution is 6.35. The lowest BCUT2D eigenvalue weighted by molar-refractivity contribution is -0.384. The van der Waals surface area contributed by atoms with Crippen molar-refractivity contribution in [3.63, 3.8) is 0 Å². The second-order valence-electron chi connectivity index (χ2n) is 2.24. The van der Waals surface area contributed by atoms with Crippen LogP contribution >= 0.6 is 23.2 Å². The third-order valence-electron chi connectivity index (χ3n) is 1.41. The first-order valence-corrected chi connectivity index (χ1v) is 4.14. The van der Waals surface area contributed by atoms with E-state index in [4.69, 9.17) is 23.2 Å². The summed E-state index contributed by atoms with van der Waals surface area (Å²) in [6, 6.07) is 2.11. The first-order chi connectivity index (χ1) is 6.56. The lowest BCUT2D eigenvalue weighted by Crippen LogP contribution is -1.94. The lowest BCUT2D eigenvalue weighted by atomic mass is 10.3. The molecule has 0 aliphatic rings. The number of alkyl halides is 1. The summed E-state index contributed by atoms with van der Waals surface area (Å²) in [5.41, 5.74) is -0.345. The van der Waals surface area contributed by atoms with Crippen molar-refractivity contribution >= 4 is 28.9 Å². The van der Waals surface area contributed by atoms with Crippen LogP contribution < -0.4 is 4.74 Å². The summed E-state index contributed by atoms with van der Waals surface area (Å²) in [6.45, 7) is -1.08. The standard InChI is InChI=1S/C7H4Cl2FNO3/c8-4-2-7(14-3-10)5(9)1-6(4)11(12)13/h1-2H,3H2. The first kappa shape index (κ1) is 11.0. The molecular formula is C7H4Cl2FNO3. The number of nitrogens with zero attached hydrogens (tertiary/aromatic N) is 1. The molecule has 0 atom stereocenters. The largest absolute Gasteiger partial charge is 0.461 e. The van der Waals surface area contributed by atoms with Crippen molar-refractivity contribution in [2.75, 3.05) is 6.86 Å². The molecule has 0 fully saturated rings. The maximum absolute atomic E-state index is 11.8. The number of ether oxygens (including phenoxy) is 1. The van der Waals surface area contributed by atoms with Crippen LogP contribution in [0.15, 0.2) is 12.1 Å². The number of nitro groups is 1. The van der Waals surface area contributed by atoms with Crippen LogP contribution in [0, 0.1) is 10.1 Å². The van der Waals surface area contributed by atoms with Gasteiger partial charge in [-0.05, 0) is 0 Å². The number of nitro benzene ring substituents is 1. The molecule has 7 heteroatoms. The van der Waals surface area contributed by atoms with Crippen molar-refractivity contribution in [3.05, 3.63) is 32.3 Å². The van der Waals surface area contributed by atoms with Crippen molar-refractivity contribution in [1.29, 1.82) is 0 Å². The average Bonchev–Trinajstić information content (AvgIpc) is 2.10. The van der Waals surface area contributed by atoms with Crippen LogP contribution in [0.2, 0.25) is 10.0 Å². The van der Waals surface area contributed by atoms with Gasteiger partial charge in [0.25, 0.3) is 5.69 Å². The van der Waals surface area contributed by atoms with Gasteiger partial charge in [-0.25, -0.2) is 4.39 Å². The molecular weight excluding hydrogens is 236 g/mol. The van der Waals surface area contributed by atoms with E-state index in [1.807, 2.05) is 0 Å². The molecule has 0 unspecified atom stereocenters. The van der Waals surface area contributed by atoms with E-state index in [1.165, 1.54) is 0 Å². The number of halogens is 3. The highest BCUT2D eigenvalue weighted by atomic mass is 35.5. The second-order valence-corrected chi connectivity index (χ2v) is 3.06. The Kier molecular flexibility index (Phi) is 3.49. The van der Waals surface area contributed by atoms with Crippen LogP contribution in [0.3, 0.4) is 0 Å². The third kappa shape index (κ3) is 2.24. The quantitative estimate of drug-likeness (QED) is 0.602. The molecule has 1 rings (SSSR count). The normalized spacial score (nSPS) is 9.93. The Morgan fingerprint density at radius 3 is 2.57 bits per heavy atom. The average molecular weight is 240 g/mol. The third-order valence-corrected chi connectivity index (χ3v) is 2.01. The first-order valence-electron chi connectivity index (χ1n) is 3.38. The van der Waals surface area contributed by atoms with Gasteiger partial charge in [-0.15, -0.1) is 0 Å². The Labute approximate surface area is 88.3 Å². The molecule has 0 N–H and O–H groups in total. The second kappa shape index (κ2) is 4.43. The molecule has 0 radical (unpaired) electrons. The van der Waals surface area contributed by atoms with Gasteiger partial charge in [0.1, 0.15) is 10.8 Å². The molecule has 0 aromatic heterocycles. The van der Waals surface area contributed by atoms with Gasteiger partial charge in [-0.1, -0.05) is 23.2 Å². The molecule has 1 aromatic carbocycles. The highest BCUT2D eigenvalue weighted by Crippen LogP contribution is 2.35. The zero-order valence-electron chi connectivity index (χ0n) is 6.67. The van der Waals surface area contributed by atoms with E-state index < -0.39 is 11.8 Å². The molecule has 0 heterocycles. The Morgan fingerprint density at radius 2 is 2.07 bits per heavy atom. The summed E-state index contributed by atoms with van der Waals surface area (Å²) >= 11 is 11.1. The molecule has 0 bridgehead atoms.